The van der Waals surface area contributed by atoms with Crippen LogP contribution in [-0.4, -0.2) is 16.8 Å². The van der Waals surface area contributed by atoms with Crippen molar-refractivity contribution in [3.05, 3.63) is 39.7 Å². The largest absolute Gasteiger partial charge is 0.459 e. The Morgan fingerprint density at radius 3 is 2.78 bits per heavy atom. The van der Waals surface area contributed by atoms with E-state index in [-0.39, 0.29) is 6.79 Å². The van der Waals surface area contributed by atoms with Gasteiger partial charge in [0.05, 0.1) is 0 Å². The van der Waals surface area contributed by atoms with Crippen molar-refractivity contribution >= 4 is 22.6 Å². The first-order valence-corrected chi connectivity index (χ1v) is 6.38. The van der Waals surface area contributed by atoms with Crippen LogP contribution in [0.2, 0.25) is 0 Å². The van der Waals surface area contributed by atoms with Crippen LogP contribution in [0.25, 0.3) is 0 Å². The van der Waals surface area contributed by atoms with Crippen LogP contribution >= 0.6 is 22.6 Å². The molecule has 1 aromatic heterocycles. The molecule has 0 saturated carbocycles. The maximum atomic E-state index is 5.48. The fourth-order valence-electron chi connectivity index (χ4n) is 1.55. The average Bonchev–Trinajstić information content (AvgIpc) is 2.85. The summed E-state index contributed by atoms with van der Waals surface area (Å²) in [6, 6.07) is 6.07. The fraction of sp³-hybridized carbons (Fsp3) is 0.167. The lowest BCUT2D eigenvalue weighted by Gasteiger charge is -2.05. The van der Waals surface area contributed by atoms with E-state index in [1.165, 1.54) is 0 Å². The molecule has 92 valence electrons. The van der Waals surface area contributed by atoms with Gasteiger partial charge in [-0.3, -0.25) is 0 Å². The molecule has 1 aliphatic heterocycles. The zero-order valence-electron chi connectivity index (χ0n) is 9.30. The van der Waals surface area contributed by atoms with E-state index in [1.807, 2.05) is 18.2 Å². The van der Waals surface area contributed by atoms with E-state index in [9.17, 15) is 0 Å². The maximum absolute atomic E-state index is 5.48. The second kappa shape index (κ2) is 4.97. The predicted octanol–water partition coefficient (Wildman–Crippen LogP) is 2.39. The molecule has 0 unspecified atom stereocenters. The molecule has 2 aromatic rings. The van der Waals surface area contributed by atoms with Crippen molar-refractivity contribution in [2.45, 2.75) is 6.61 Å². The lowest BCUT2D eigenvalue weighted by molar-refractivity contribution is 0.174. The van der Waals surface area contributed by atoms with Gasteiger partial charge in [-0.1, -0.05) is 6.07 Å². The molecule has 0 N–H and O–H groups in total. The zero-order valence-corrected chi connectivity index (χ0v) is 11.5. The minimum absolute atomic E-state index is 0.278. The number of hydrogen-bond donors (Lipinski definition) is 0. The Morgan fingerprint density at radius 1 is 1.17 bits per heavy atom. The second-order valence-electron chi connectivity index (χ2n) is 3.66. The van der Waals surface area contributed by atoms with Crippen molar-refractivity contribution in [1.82, 2.24) is 9.97 Å². The van der Waals surface area contributed by atoms with Crippen molar-refractivity contribution in [1.29, 1.82) is 0 Å². The SMILES string of the molecule is Ic1cnc(OCc2ccc3c(c2)OCO3)nc1. The van der Waals surface area contributed by atoms with Crippen LogP contribution in [0.3, 0.4) is 0 Å². The molecule has 1 aromatic carbocycles. The third-order valence-electron chi connectivity index (χ3n) is 2.40. The molecule has 0 atom stereocenters. The van der Waals surface area contributed by atoms with Crippen molar-refractivity contribution in [3.63, 3.8) is 0 Å². The molecular formula is C12H9IN2O3. The van der Waals surface area contributed by atoms with Crippen LogP contribution in [0.5, 0.6) is 17.5 Å². The molecule has 0 amide bonds. The van der Waals surface area contributed by atoms with Gasteiger partial charge in [0.25, 0.3) is 0 Å². The van der Waals surface area contributed by atoms with E-state index in [2.05, 4.69) is 32.6 Å². The quantitative estimate of drug-likeness (QED) is 0.791. The van der Waals surface area contributed by atoms with Crippen LogP contribution in [0.1, 0.15) is 5.56 Å². The number of halogens is 1. The van der Waals surface area contributed by atoms with E-state index in [4.69, 9.17) is 14.2 Å². The van der Waals surface area contributed by atoms with Crippen LogP contribution < -0.4 is 14.2 Å². The third-order valence-corrected chi connectivity index (χ3v) is 2.96. The van der Waals surface area contributed by atoms with Crippen LogP contribution in [0, 0.1) is 3.57 Å². The third kappa shape index (κ3) is 2.47. The minimum Gasteiger partial charge on any atom is -0.459 e. The van der Waals surface area contributed by atoms with Gasteiger partial charge in [0, 0.05) is 16.0 Å². The Balaban J connectivity index is 1.68. The summed E-state index contributed by atoms with van der Waals surface area (Å²) in [5.41, 5.74) is 0.987. The van der Waals surface area contributed by atoms with Crippen LogP contribution in [0.4, 0.5) is 0 Å². The highest BCUT2D eigenvalue weighted by molar-refractivity contribution is 14.1. The molecule has 18 heavy (non-hydrogen) atoms. The molecule has 0 spiro atoms. The number of rotatable bonds is 3. The van der Waals surface area contributed by atoms with Crippen molar-refractivity contribution in [2.75, 3.05) is 6.79 Å². The van der Waals surface area contributed by atoms with Crippen LogP contribution in [0.15, 0.2) is 30.6 Å². The molecule has 6 heteroatoms. The summed E-state index contributed by atoms with van der Waals surface area (Å²) in [7, 11) is 0. The molecule has 0 fully saturated rings. The van der Waals surface area contributed by atoms with Gasteiger partial charge in [0.1, 0.15) is 6.61 Å². The summed E-state index contributed by atoms with van der Waals surface area (Å²) in [5, 5.41) is 0. The number of aromatic nitrogens is 2. The molecule has 2 heterocycles. The standard InChI is InChI=1S/C12H9IN2O3/c13-9-4-14-12(15-5-9)16-6-8-1-2-10-11(3-8)18-7-17-10/h1-5H,6-7H2. The lowest BCUT2D eigenvalue weighted by atomic mass is 10.2. The van der Waals surface area contributed by atoms with E-state index < -0.39 is 0 Å². The summed E-state index contributed by atoms with van der Waals surface area (Å²) >= 11 is 2.15. The first-order valence-electron chi connectivity index (χ1n) is 5.30. The zero-order chi connectivity index (χ0) is 12.4. The molecule has 5 nitrogen and oxygen atoms in total. The molecule has 0 bridgehead atoms. The van der Waals surface area contributed by atoms with Gasteiger partial charge in [0.15, 0.2) is 11.5 Å². The van der Waals surface area contributed by atoms with E-state index in [0.29, 0.717) is 12.6 Å². The number of benzene rings is 1. The Kier molecular flexibility index (Phi) is 3.18. The highest BCUT2D eigenvalue weighted by Crippen LogP contribution is 2.32. The van der Waals surface area contributed by atoms with Gasteiger partial charge in [-0.25, -0.2) is 9.97 Å². The Hall–Kier alpha value is -1.57. The topological polar surface area (TPSA) is 53.5 Å². The van der Waals surface area contributed by atoms with Gasteiger partial charge >= 0.3 is 6.01 Å². The minimum atomic E-state index is 0.278. The van der Waals surface area contributed by atoms with Gasteiger partial charge in [-0.15, -0.1) is 0 Å². The first kappa shape index (κ1) is 11.5. The Morgan fingerprint density at radius 2 is 1.94 bits per heavy atom. The van der Waals surface area contributed by atoms with E-state index in [1.54, 1.807) is 12.4 Å². The number of ether oxygens (including phenoxy) is 3. The number of fused-ring (bicyclic) bond motifs is 1. The number of nitrogens with zero attached hydrogens (tertiary/aromatic N) is 2. The highest BCUT2D eigenvalue weighted by atomic mass is 127. The average molecular weight is 356 g/mol. The van der Waals surface area contributed by atoms with Crippen molar-refractivity contribution in [2.24, 2.45) is 0 Å². The monoisotopic (exact) mass is 356 g/mol. The Bertz CT molecular complexity index is 560. The lowest BCUT2D eigenvalue weighted by Crippen LogP contribution is -1.99. The summed E-state index contributed by atoms with van der Waals surface area (Å²) in [4.78, 5) is 8.14. The van der Waals surface area contributed by atoms with Crippen molar-refractivity contribution < 1.29 is 14.2 Å². The Labute approximate surface area is 117 Å². The van der Waals surface area contributed by atoms with Gasteiger partial charge in [0.2, 0.25) is 6.79 Å². The molecule has 1 aliphatic rings. The van der Waals surface area contributed by atoms with Gasteiger partial charge in [-0.2, -0.15) is 0 Å². The molecular weight excluding hydrogens is 347 g/mol. The summed E-state index contributed by atoms with van der Waals surface area (Å²) in [6.07, 6.45) is 3.42. The molecule has 3 rings (SSSR count). The van der Waals surface area contributed by atoms with Crippen LogP contribution in [-0.2, 0) is 6.61 Å². The maximum Gasteiger partial charge on any atom is 0.316 e. The predicted molar refractivity (Wildman–Crippen MR) is 71.6 cm³/mol. The summed E-state index contributed by atoms with van der Waals surface area (Å²) < 4.78 is 17.0. The fourth-order valence-corrected chi connectivity index (χ4v) is 1.83. The number of hydrogen-bond acceptors (Lipinski definition) is 5. The molecule has 0 saturated heterocycles. The van der Waals surface area contributed by atoms with Crippen molar-refractivity contribution in [3.8, 4) is 17.5 Å². The highest BCUT2D eigenvalue weighted by Gasteiger charge is 2.13. The second-order valence-corrected chi connectivity index (χ2v) is 4.91. The van der Waals surface area contributed by atoms with E-state index in [0.717, 1.165) is 20.6 Å². The summed E-state index contributed by atoms with van der Waals surface area (Å²) in [5.74, 6) is 1.52. The van der Waals surface area contributed by atoms with E-state index >= 15 is 0 Å². The first-order chi connectivity index (χ1) is 8.81. The van der Waals surface area contributed by atoms with Gasteiger partial charge in [-0.05, 0) is 40.3 Å². The smallest absolute Gasteiger partial charge is 0.316 e. The molecule has 0 aliphatic carbocycles. The molecule has 0 radical (unpaired) electrons. The normalized spacial score (nSPS) is 12.5. The van der Waals surface area contributed by atoms with Gasteiger partial charge < -0.3 is 14.2 Å². The summed E-state index contributed by atoms with van der Waals surface area (Å²) in [6.45, 7) is 0.678.